The number of carbonyl (C=O) groups excluding carboxylic acids is 1. The number of nitrogens with two attached hydrogens (primary N) is 1. The van der Waals surface area contributed by atoms with Crippen molar-refractivity contribution >= 4 is 5.91 Å². The molecule has 1 fully saturated rings. The van der Waals surface area contributed by atoms with Crippen LogP contribution in [0.25, 0.3) is 0 Å². The number of pyridine rings is 1. The first kappa shape index (κ1) is 14.5. The number of ether oxygens (including phenoxy) is 1. The summed E-state index contributed by atoms with van der Waals surface area (Å²) in [5.41, 5.74) is 6.95. The van der Waals surface area contributed by atoms with Crippen LogP contribution in [0.2, 0.25) is 0 Å². The van der Waals surface area contributed by atoms with Gasteiger partial charge in [0.1, 0.15) is 5.75 Å². The molecular formula is C17H19N3O2. The summed E-state index contributed by atoms with van der Waals surface area (Å²) in [5.74, 6) is 0.942. The molecule has 22 heavy (non-hydrogen) atoms. The summed E-state index contributed by atoms with van der Waals surface area (Å²) in [5, 5.41) is 3.36. The van der Waals surface area contributed by atoms with E-state index in [-0.39, 0.29) is 0 Å². The minimum absolute atomic E-state index is 0.358. The first-order chi connectivity index (χ1) is 10.7. The predicted molar refractivity (Wildman–Crippen MR) is 84.1 cm³/mol. The highest BCUT2D eigenvalue weighted by Gasteiger charge is 2.16. The van der Waals surface area contributed by atoms with E-state index in [0.717, 1.165) is 25.9 Å². The summed E-state index contributed by atoms with van der Waals surface area (Å²) < 4.78 is 5.77. The van der Waals surface area contributed by atoms with Crippen LogP contribution in [0.5, 0.6) is 11.6 Å². The normalized spacial score (nSPS) is 15.5. The second-order valence-corrected chi connectivity index (χ2v) is 5.41. The zero-order valence-corrected chi connectivity index (χ0v) is 12.3. The van der Waals surface area contributed by atoms with Crippen LogP contribution in [0.1, 0.15) is 34.7 Å². The molecule has 3 rings (SSSR count). The Bertz CT molecular complexity index is 666. The van der Waals surface area contributed by atoms with Crippen LogP contribution in [0, 0.1) is 0 Å². The Kier molecular flexibility index (Phi) is 4.34. The number of benzene rings is 1. The largest absolute Gasteiger partial charge is 0.438 e. The van der Waals surface area contributed by atoms with Gasteiger partial charge in [0, 0.05) is 12.3 Å². The Morgan fingerprint density at radius 1 is 1.23 bits per heavy atom. The van der Waals surface area contributed by atoms with Crippen molar-refractivity contribution in [2.24, 2.45) is 5.73 Å². The first-order valence-corrected chi connectivity index (χ1v) is 7.47. The molecule has 0 atom stereocenters. The molecule has 1 aliphatic heterocycles. The molecule has 0 spiro atoms. The third-order valence-electron chi connectivity index (χ3n) is 3.94. The number of amides is 1. The van der Waals surface area contributed by atoms with Gasteiger partial charge in [0.05, 0.1) is 5.56 Å². The zero-order valence-electron chi connectivity index (χ0n) is 12.3. The van der Waals surface area contributed by atoms with Crippen molar-refractivity contribution in [2.75, 3.05) is 13.1 Å². The van der Waals surface area contributed by atoms with Crippen LogP contribution in [0.4, 0.5) is 0 Å². The lowest BCUT2D eigenvalue weighted by molar-refractivity contribution is 0.0998. The summed E-state index contributed by atoms with van der Waals surface area (Å²) in [6.07, 6.45) is 3.97. The molecule has 0 saturated carbocycles. The van der Waals surface area contributed by atoms with E-state index >= 15 is 0 Å². The second-order valence-electron chi connectivity index (χ2n) is 5.41. The lowest BCUT2D eigenvalue weighted by Crippen LogP contribution is -2.26. The molecule has 114 valence electrons. The SMILES string of the molecule is NC(=O)c1ccccc1Oc1cc(C2CCNCC2)ccn1. The van der Waals surface area contributed by atoms with Gasteiger partial charge in [-0.15, -0.1) is 0 Å². The van der Waals surface area contributed by atoms with E-state index in [2.05, 4.69) is 10.3 Å². The van der Waals surface area contributed by atoms with E-state index in [1.54, 1.807) is 30.5 Å². The molecule has 0 bridgehead atoms. The van der Waals surface area contributed by atoms with Crippen molar-refractivity contribution < 1.29 is 9.53 Å². The molecule has 5 nitrogen and oxygen atoms in total. The molecule has 3 N–H and O–H groups in total. The molecule has 1 aliphatic rings. The van der Waals surface area contributed by atoms with E-state index in [9.17, 15) is 4.79 Å². The number of hydrogen-bond acceptors (Lipinski definition) is 4. The summed E-state index contributed by atoms with van der Waals surface area (Å²) in [6, 6.07) is 10.9. The van der Waals surface area contributed by atoms with Crippen LogP contribution in [-0.2, 0) is 0 Å². The van der Waals surface area contributed by atoms with Crippen LogP contribution in [0.15, 0.2) is 42.6 Å². The van der Waals surface area contributed by atoms with Gasteiger partial charge in [-0.25, -0.2) is 4.98 Å². The van der Waals surface area contributed by atoms with E-state index in [1.807, 2.05) is 12.1 Å². The van der Waals surface area contributed by atoms with Gasteiger partial charge < -0.3 is 15.8 Å². The standard InChI is InChI=1S/C17H19N3O2/c18-17(21)14-3-1-2-4-15(14)22-16-11-13(7-10-20-16)12-5-8-19-9-6-12/h1-4,7,10-12,19H,5-6,8-9H2,(H2,18,21). The Morgan fingerprint density at radius 3 is 2.77 bits per heavy atom. The smallest absolute Gasteiger partial charge is 0.252 e. The molecule has 5 heteroatoms. The number of para-hydroxylation sites is 1. The van der Waals surface area contributed by atoms with Gasteiger partial charge in [0.2, 0.25) is 5.88 Å². The number of piperidine rings is 1. The monoisotopic (exact) mass is 297 g/mol. The molecule has 1 aromatic heterocycles. The maximum absolute atomic E-state index is 11.4. The summed E-state index contributed by atoms with van der Waals surface area (Å²) in [4.78, 5) is 15.7. The molecular weight excluding hydrogens is 278 g/mol. The second kappa shape index (κ2) is 6.58. The summed E-state index contributed by atoms with van der Waals surface area (Å²) in [7, 11) is 0. The molecule has 0 unspecified atom stereocenters. The molecule has 1 saturated heterocycles. The highest BCUT2D eigenvalue weighted by molar-refractivity contribution is 5.95. The molecule has 1 aromatic carbocycles. The highest BCUT2D eigenvalue weighted by Crippen LogP contribution is 2.29. The minimum atomic E-state index is -0.509. The number of primary amides is 1. The van der Waals surface area contributed by atoms with Gasteiger partial charge in [-0.05, 0) is 55.6 Å². The maximum Gasteiger partial charge on any atom is 0.252 e. The van der Waals surface area contributed by atoms with Crippen molar-refractivity contribution in [3.63, 3.8) is 0 Å². The molecule has 0 radical (unpaired) electrons. The number of rotatable bonds is 4. The highest BCUT2D eigenvalue weighted by atomic mass is 16.5. The van der Waals surface area contributed by atoms with Crippen molar-refractivity contribution in [1.29, 1.82) is 0 Å². The van der Waals surface area contributed by atoms with Crippen molar-refractivity contribution in [1.82, 2.24) is 10.3 Å². The van der Waals surface area contributed by atoms with Crippen LogP contribution < -0.4 is 15.8 Å². The lowest BCUT2D eigenvalue weighted by atomic mass is 9.91. The number of carbonyl (C=O) groups is 1. The summed E-state index contributed by atoms with van der Waals surface area (Å²) >= 11 is 0. The van der Waals surface area contributed by atoms with Crippen molar-refractivity contribution in [3.8, 4) is 11.6 Å². The van der Waals surface area contributed by atoms with Crippen LogP contribution >= 0.6 is 0 Å². The maximum atomic E-state index is 11.4. The van der Waals surface area contributed by atoms with Gasteiger partial charge >= 0.3 is 0 Å². The van der Waals surface area contributed by atoms with E-state index < -0.39 is 5.91 Å². The fraction of sp³-hybridized carbons (Fsp3) is 0.294. The van der Waals surface area contributed by atoms with Gasteiger partial charge in [0.15, 0.2) is 0 Å². The van der Waals surface area contributed by atoms with Crippen molar-refractivity contribution in [2.45, 2.75) is 18.8 Å². The zero-order chi connectivity index (χ0) is 15.4. The third kappa shape index (κ3) is 3.26. The Balaban J connectivity index is 1.82. The number of hydrogen-bond donors (Lipinski definition) is 2. The van der Waals surface area contributed by atoms with Crippen molar-refractivity contribution in [3.05, 3.63) is 53.7 Å². The van der Waals surface area contributed by atoms with Gasteiger partial charge in [0.25, 0.3) is 5.91 Å². The third-order valence-corrected chi connectivity index (χ3v) is 3.94. The number of aromatic nitrogens is 1. The molecule has 1 amide bonds. The topological polar surface area (TPSA) is 77.2 Å². The van der Waals surface area contributed by atoms with Gasteiger partial charge in [-0.1, -0.05) is 12.1 Å². The average molecular weight is 297 g/mol. The van der Waals surface area contributed by atoms with E-state index in [1.165, 1.54) is 5.56 Å². The van der Waals surface area contributed by atoms with E-state index in [0.29, 0.717) is 23.1 Å². The van der Waals surface area contributed by atoms with Gasteiger partial charge in [-0.3, -0.25) is 4.79 Å². The Hall–Kier alpha value is -2.40. The summed E-state index contributed by atoms with van der Waals surface area (Å²) in [6.45, 7) is 2.07. The van der Waals surface area contributed by atoms with E-state index in [4.69, 9.17) is 10.5 Å². The predicted octanol–water partition coefficient (Wildman–Crippen LogP) is 2.44. The van der Waals surface area contributed by atoms with Gasteiger partial charge in [-0.2, -0.15) is 0 Å². The average Bonchev–Trinajstić information content (AvgIpc) is 2.56. The fourth-order valence-corrected chi connectivity index (χ4v) is 2.76. The number of nitrogens with one attached hydrogen (secondary N) is 1. The lowest BCUT2D eigenvalue weighted by Gasteiger charge is -2.23. The molecule has 2 heterocycles. The fourth-order valence-electron chi connectivity index (χ4n) is 2.76. The van der Waals surface area contributed by atoms with Crippen LogP contribution in [0.3, 0.4) is 0 Å². The Morgan fingerprint density at radius 2 is 2.00 bits per heavy atom. The number of nitrogens with zero attached hydrogens (tertiary/aromatic N) is 1. The molecule has 0 aliphatic carbocycles. The van der Waals surface area contributed by atoms with Crippen LogP contribution in [-0.4, -0.2) is 24.0 Å². The Labute approximate surface area is 129 Å². The quantitative estimate of drug-likeness (QED) is 0.908. The first-order valence-electron chi connectivity index (χ1n) is 7.47. The minimum Gasteiger partial charge on any atom is -0.438 e. The molecule has 2 aromatic rings.